The van der Waals surface area contributed by atoms with Gasteiger partial charge in [-0.2, -0.15) is 23.1 Å². The molecule has 0 aliphatic carbocycles. The van der Waals surface area contributed by atoms with Crippen LogP contribution in [0.1, 0.15) is 5.56 Å². The number of rotatable bonds is 3. The van der Waals surface area contributed by atoms with Crippen LogP contribution in [0.3, 0.4) is 0 Å². The summed E-state index contributed by atoms with van der Waals surface area (Å²) in [5.41, 5.74) is 4.34. The van der Waals surface area contributed by atoms with E-state index in [-0.39, 0.29) is 28.4 Å². The van der Waals surface area contributed by atoms with Crippen LogP contribution in [0, 0.1) is 0 Å². The number of halogens is 4. The zero-order valence-corrected chi connectivity index (χ0v) is 11.5. The van der Waals surface area contributed by atoms with Gasteiger partial charge in [0.1, 0.15) is 5.82 Å². The Bertz CT molecular complexity index is 663. The van der Waals surface area contributed by atoms with E-state index in [4.69, 9.17) is 22.1 Å². The van der Waals surface area contributed by atoms with E-state index in [1.807, 2.05) is 0 Å². The summed E-state index contributed by atoms with van der Waals surface area (Å²) in [6, 6.07) is 4.69. The van der Waals surface area contributed by atoms with Gasteiger partial charge in [0.15, 0.2) is 0 Å². The summed E-state index contributed by atoms with van der Waals surface area (Å²) >= 11 is 5.61. The third-order valence-corrected chi connectivity index (χ3v) is 2.71. The van der Waals surface area contributed by atoms with Gasteiger partial charge in [-0.3, -0.25) is 0 Å². The Morgan fingerprint density at radius 3 is 2.57 bits per heavy atom. The van der Waals surface area contributed by atoms with Crippen molar-refractivity contribution in [1.82, 2.24) is 9.97 Å². The molecule has 0 fully saturated rings. The van der Waals surface area contributed by atoms with Gasteiger partial charge < -0.3 is 15.8 Å². The molecule has 0 atom stereocenters. The van der Waals surface area contributed by atoms with E-state index in [1.54, 1.807) is 0 Å². The second-order valence-corrected chi connectivity index (χ2v) is 4.40. The van der Waals surface area contributed by atoms with Crippen molar-refractivity contribution in [2.24, 2.45) is 0 Å². The minimum atomic E-state index is -4.56. The molecule has 0 amide bonds. The average Bonchev–Trinajstić information content (AvgIpc) is 2.39. The van der Waals surface area contributed by atoms with Gasteiger partial charge in [0.2, 0.25) is 11.8 Å². The quantitative estimate of drug-likeness (QED) is 0.906. The van der Waals surface area contributed by atoms with Gasteiger partial charge >= 0.3 is 6.18 Å². The third-order valence-electron chi connectivity index (χ3n) is 2.48. The van der Waals surface area contributed by atoms with Crippen LogP contribution in [0.4, 0.5) is 30.6 Å². The monoisotopic (exact) mass is 318 g/mol. The molecule has 0 aliphatic rings. The Hall–Kier alpha value is -2.22. The Morgan fingerprint density at radius 2 is 1.95 bits per heavy atom. The highest BCUT2D eigenvalue weighted by Gasteiger charge is 2.34. The highest BCUT2D eigenvalue weighted by molar-refractivity contribution is 6.30. The number of alkyl halides is 3. The molecule has 1 heterocycles. The predicted octanol–water partition coefficient (Wildman–Crippen LogP) is 3.48. The van der Waals surface area contributed by atoms with E-state index in [1.165, 1.54) is 25.3 Å². The molecule has 0 aliphatic heterocycles. The second kappa shape index (κ2) is 5.65. The van der Waals surface area contributed by atoms with Crippen LogP contribution in [0.15, 0.2) is 24.3 Å². The van der Waals surface area contributed by atoms with Gasteiger partial charge in [-0.1, -0.05) is 11.6 Å². The molecule has 0 unspecified atom stereocenters. The fourth-order valence-corrected chi connectivity index (χ4v) is 1.78. The molecule has 2 rings (SSSR count). The number of benzene rings is 1. The molecule has 1 aromatic heterocycles. The molecule has 21 heavy (non-hydrogen) atoms. The van der Waals surface area contributed by atoms with Gasteiger partial charge in [0.25, 0.3) is 0 Å². The Labute approximate surface area is 122 Å². The van der Waals surface area contributed by atoms with Crippen LogP contribution in [0.25, 0.3) is 0 Å². The lowest BCUT2D eigenvalue weighted by Gasteiger charge is -2.15. The Balaban J connectivity index is 2.42. The number of anilines is 3. The van der Waals surface area contributed by atoms with E-state index in [2.05, 4.69) is 15.3 Å². The first-order valence-corrected chi connectivity index (χ1v) is 5.99. The minimum Gasteiger partial charge on any atom is -0.481 e. The minimum absolute atomic E-state index is 0.0207. The number of hydrogen-bond donors (Lipinski definition) is 2. The molecular weight excluding hydrogens is 309 g/mol. The van der Waals surface area contributed by atoms with Gasteiger partial charge in [-0.25, -0.2) is 0 Å². The second-order valence-electron chi connectivity index (χ2n) is 3.97. The van der Waals surface area contributed by atoms with Crippen molar-refractivity contribution in [3.8, 4) is 5.88 Å². The number of nitrogens with two attached hydrogens (primary N) is 1. The highest BCUT2D eigenvalue weighted by Crippen LogP contribution is 2.37. The molecule has 0 saturated carbocycles. The number of nitrogens with one attached hydrogen (secondary N) is 1. The number of ether oxygens (including phenoxy) is 1. The molecule has 1 aromatic carbocycles. The maximum Gasteiger partial charge on any atom is 0.418 e. The Morgan fingerprint density at radius 1 is 1.24 bits per heavy atom. The first kappa shape index (κ1) is 15.2. The molecule has 9 heteroatoms. The lowest BCUT2D eigenvalue weighted by molar-refractivity contribution is -0.136. The van der Waals surface area contributed by atoms with Gasteiger partial charge in [0.05, 0.1) is 18.4 Å². The summed E-state index contributed by atoms with van der Waals surface area (Å²) < 4.78 is 43.8. The molecule has 5 nitrogen and oxygen atoms in total. The zero-order chi connectivity index (χ0) is 15.6. The van der Waals surface area contributed by atoms with Gasteiger partial charge in [-0.15, -0.1) is 0 Å². The summed E-state index contributed by atoms with van der Waals surface area (Å²) in [5.74, 6) is 0.0825. The van der Waals surface area contributed by atoms with Crippen LogP contribution >= 0.6 is 11.6 Å². The van der Waals surface area contributed by atoms with Crippen LogP contribution < -0.4 is 15.8 Å². The number of aromatic nitrogens is 2. The maximum absolute atomic E-state index is 13.0. The van der Waals surface area contributed by atoms with E-state index in [0.29, 0.717) is 0 Å². The molecule has 3 N–H and O–H groups in total. The fourth-order valence-electron chi connectivity index (χ4n) is 1.61. The molecule has 112 valence electrons. The molecule has 0 spiro atoms. The average molecular weight is 319 g/mol. The number of methoxy groups -OCH3 is 1. The van der Waals surface area contributed by atoms with Crippen molar-refractivity contribution in [2.75, 3.05) is 18.2 Å². The third kappa shape index (κ3) is 3.66. The van der Waals surface area contributed by atoms with Crippen LogP contribution in [-0.4, -0.2) is 17.1 Å². The number of nitrogen functional groups attached to an aromatic ring is 1. The van der Waals surface area contributed by atoms with Crippen LogP contribution in [0.5, 0.6) is 5.88 Å². The topological polar surface area (TPSA) is 73.1 Å². The largest absolute Gasteiger partial charge is 0.481 e. The van der Waals surface area contributed by atoms with Crippen molar-refractivity contribution in [3.63, 3.8) is 0 Å². The molecular formula is C12H10ClF3N4O. The van der Waals surface area contributed by atoms with Crippen molar-refractivity contribution < 1.29 is 17.9 Å². The van der Waals surface area contributed by atoms with E-state index in [9.17, 15) is 13.2 Å². The lowest BCUT2D eigenvalue weighted by Crippen LogP contribution is -2.10. The van der Waals surface area contributed by atoms with Crippen molar-refractivity contribution in [3.05, 3.63) is 34.9 Å². The van der Waals surface area contributed by atoms with Crippen molar-refractivity contribution >= 4 is 29.1 Å². The predicted molar refractivity (Wildman–Crippen MR) is 72.7 cm³/mol. The standard InChI is InChI=1S/C12H10ClF3N4O/c1-21-10-5-9(19-11(17)20-10)18-8-3-2-6(13)4-7(8)12(14,15)16/h2-5H,1H3,(H3,17,18,19,20). The lowest BCUT2D eigenvalue weighted by atomic mass is 10.1. The van der Waals surface area contributed by atoms with Crippen LogP contribution in [-0.2, 0) is 6.18 Å². The summed E-state index contributed by atoms with van der Waals surface area (Å²) in [6.45, 7) is 0. The number of nitrogens with zero attached hydrogens (tertiary/aromatic N) is 2. The van der Waals surface area contributed by atoms with Crippen molar-refractivity contribution in [1.29, 1.82) is 0 Å². The summed E-state index contributed by atoms with van der Waals surface area (Å²) in [6.07, 6.45) is -4.56. The normalized spacial score (nSPS) is 11.3. The van der Waals surface area contributed by atoms with E-state index in [0.717, 1.165) is 6.07 Å². The summed E-state index contributed by atoms with van der Waals surface area (Å²) in [4.78, 5) is 7.54. The zero-order valence-electron chi connectivity index (χ0n) is 10.7. The highest BCUT2D eigenvalue weighted by atomic mass is 35.5. The van der Waals surface area contributed by atoms with Crippen molar-refractivity contribution in [2.45, 2.75) is 6.18 Å². The van der Waals surface area contributed by atoms with Gasteiger partial charge in [-0.05, 0) is 18.2 Å². The maximum atomic E-state index is 13.0. The Kier molecular flexibility index (Phi) is 4.08. The van der Waals surface area contributed by atoms with Gasteiger partial charge in [0, 0.05) is 11.1 Å². The summed E-state index contributed by atoms with van der Waals surface area (Å²) in [7, 11) is 1.36. The molecule has 0 bridgehead atoms. The fraction of sp³-hybridized carbons (Fsp3) is 0.167. The SMILES string of the molecule is COc1cc(Nc2ccc(Cl)cc2C(F)(F)F)nc(N)n1. The smallest absolute Gasteiger partial charge is 0.418 e. The molecule has 0 saturated heterocycles. The first-order valence-electron chi connectivity index (χ1n) is 5.62. The molecule has 0 radical (unpaired) electrons. The summed E-state index contributed by atoms with van der Waals surface area (Å²) in [5, 5.41) is 2.51. The van der Waals surface area contributed by atoms with Crippen LogP contribution in [0.2, 0.25) is 5.02 Å². The first-order chi connectivity index (χ1) is 9.79. The molecule has 2 aromatic rings. The van der Waals surface area contributed by atoms with E-state index >= 15 is 0 Å². The number of hydrogen-bond acceptors (Lipinski definition) is 5. The van der Waals surface area contributed by atoms with E-state index < -0.39 is 11.7 Å².